The van der Waals surface area contributed by atoms with Crippen molar-refractivity contribution in [3.05, 3.63) is 28.8 Å². The molecular weight excluding hydrogens is 330 g/mol. The van der Waals surface area contributed by atoms with Crippen molar-refractivity contribution in [2.45, 2.75) is 52.1 Å². The topological polar surface area (TPSA) is 83.1 Å². The van der Waals surface area contributed by atoms with E-state index < -0.39 is 17.4 Å². The number of likely N-dealkylation sites (tertiary alicyclic amines) is 1. The smallest absolute Gasteiger partial charge is 0.291 e. The molecule has 0 unspecified atom stereocenters. The molecule has 2 fully saturated rings. The zero-order chi connectivity index (χ0) is 18.8. The van der Waals surface area contributed by atoms with Crippen LogP contribution in [0.3, 0.4) is 0 Å². The zero-order valence-corrected chi connectivity index (χ0v) is 15.8. The van der Waals surface area contributed by atoms with Crippen LogP contribution in [0.5, 0.6) is 0 Å². The van der Waals surface area contributed by atoms with Crippen molar-refractivity contribution in [1.29, 1.82) is 0 Å². The molecule has 3 N–H and O–H groups in total. The lowest BCUT2D eigenvalue weighted by atomic mass is 9.76. The monoisotopic (exact) mass is 356 g/mol. The van der Waals surface area contributed by atoms with E-state index in [1.165, 1.54) is 4.90 Å². The fourth-order valence-corrected chi connectivity index (χ4v) is 5.19. The second-order valence-corrected chi connectivity index (χ2v) is 8.04. The number of carbonyl (C=O) groups is 3. The quantitative estimate of drug-likeness (QED) is 0.787. The maximum atomic E-state index is 13.2. The second-order valence-electron chi connectivity index (χ2n) is 8.04. The molecule has 6 nitrogen and oxygen atoms in total. The number of fused-ring (bicyclic) bond motifs is 4. The molecule has 0 saturated carbocycles. The minimum Gasteiger partial charge on any atom is -0.326 e. The molecule has 26 heavy (non-hydrogen) atoms. The molecular formula is C20H26N3O3+. The number of nitrogens with one attached hydrogen (secondary N) is 1. The summed E-state index contributed by atoms with van der Waals surface area (Å²) >= 11 is 0. The molecule has 3 aliphatic heterocycles. The molecule has 0 bridgehead atoms. The number of amides is 3. The molecule has 2 saturated heterocycles. The van der Waals surface area contributed by atoms with E-state index in [0.717, 1.165) is 35.2 Å². The summed E-state index contributed by atoms with van der Waals surface area (Å²) in [5.41, 5.74) is 2.69. The number of benzene rings is 1. The first-order valence-electron chi connectivity index (χ1n) is 9.47. The van der Waals surface area contributed by atoms with E-state index in [4.69, 9.17) is 0 Å². The van der Waals surface area contributed by atoms with Gasteiger partial charge in [0.25, 0.3) is 5.91 Å². The van der Waals surface area contributed by atoms with Gasteiger partial charge in [-0.15, -0.1) is 0 Å². The van der Waals surface area contributed by atoms with Crippen LogP contribution in [-0.2, 0) is 19.9 Å². The lowest BCUT2D eigenvalue weighted by molar-refractivity contribution is -0.730. The maximum absolute atomic E-state index is 13.2. The fraction of sp³-hybridized carbons (Fsp3) is 0.550. The number of hydrogen-bond donors (Lipinski definition) is 2. The van der Waals surface area contributed by atoms with Gasteiger partial charge in [0.15, 0.2) is 0 Å². The number of nitrogens with two attached hydrogens (primary N) is 1. The first kappa shape index (κ1) is 17.2. The van der Waals surface area contributed by atoms with Gasteiger partial charge in [-0.05, 0) is 38.8 Å². The average molecular weight is 356 g/mol. The molecule has 1 spiro atoms. The number of anilines is 1. The van der Waals surface area contributed by atoms with Gasteiger partial charge in [0.1, 0.15) is 11.8 Å². The number of hydrogen-bond acceptors (Lipinski definition) is 3. The minimum atomic E-state index is -1.02. The van der Waals surface area contributed by atoms with Crippen molar-refractivity contribution in [3.63, 3.8) is 0 Å². The number of unbranched alkanes of at least 4 members (excludes halogenated alkanes) is 1. The van der Waals surface area contributed by atoms with Gasteiger partial charge in [0.2, 0.25) is 17.4 Å². The van der Waals surface area contributed by atoms with Gasteiger partial charge in [-0.3, -0.25) is 19.3 Å². The Balaban J connectivity index is 1.86. The molecule has 3 aliphatic rings. The number of imide groups is 1. The number of nitrogens with zero attached hydrogens (tertiary/aromatic N) is 1. The summed E-state index contributed by atoms with van der Waals surface area (Å²) in [5, 5.41) is 4.95. The molecule has 4 atom stereocenters. The van der Waals surface area contributed by atoms with Crippen molar-refractivity contribution >= 4 is 23.4 Å². The number of rotatable bonds is 3. The highest BCUT2D eigenvalue weighted by atomic mass is 16.2. The van der Waals surface area contributed by atoms with Crippen LogP contribution < -0.4 is 10.6 Å². The van der Waals surface area contributed by atoms with E-state index in [0.29, 0.717) is 6.54 Å². The Morgan fingerprint density at radius 3 is 2.62 bits per heavy atom. The molecule has 0 aromatic heterocycles. The summed E-state index contributed by atoms with van der Waals surface area (Å²) in [4.78, 5) is 40.8. The predicted molar refractivity (Wildman–Crippen MR) is 96.2 cm³/mol. The maximum Gasteiger partial charge on any atom is 0.291 e. The summed E-state index contributed by atoms with van der Waals surface area (Å²) in [7, 11) is 0. The summed E-state index contributed by atoms with van der Waals surface area (Å²) in [6.07, 6.45) is 1.71. The molecule has 1 aromatic carbocycles. The van der Waals surface area contributed by atoms with E-state index in [-0.39, 0.29) is 23.8 Å². The molecule has 0 radical (unpaired) electrons. The molecule has 3 amide bonds. The fourth-order valence-electron chi connectivity index (χ4n) is 5.19. The first-order chi connectivity index (χ1) is 12.3. The van der Waals surface area contributed by atoms with Gasteiger partial charge in [0.05, 0.1) is 11.7 Å². The van der Waals surface area contributed by atoms with E-state index in [1.807, 2.05) is 45.1 Å². The Morgan fingerprint density at radius 1 is 1.19 bits per heavy atom. The van der Waals surface area contributed by atoms with E-state index in [9.17, 15) is 14.4 Å². The summed E-state index contributed by atoms with van der Waals surface area (Å²) in [5.74, 6) is -1.52. The first-order valence-corrected chi connectivity index (χ1v) is 9.47. The Hall–Kier alpha value is -2.21. The lowest BCUT2D eigenvalue weighted by Gasteiger charge is -2.26. The van der Waals surface area contributed by atoms with Gasteiger partial charge >= 0.3 is 0 Å². The SMILES string of the molecule is CCCCN1C(=O)[C@@H]2[C@H](C)[NH2+][C@]3(C(=O)Nc4c(C)cc(C)cc43)[C@@H]2C1=O. The highest BCUT2D eigenvalue weighted by Gasteiger charge is 2.73. The Kier molecular flexibility index (Phi) is 3.74. The molecule has 3 heterocycles. The van der Waals surface area contributed by atoms with Gasteiger partial charge in [-0.2, -0.15) is 0 Å². The van der Waals surface area contributed by atoms with Crippen molar-refractivity contribution < 1.29 is 19.7 Å². The lowest BCUT2D eigenvalue weighted by Crippen LogP contribution is -2.98. The highest BCUT2D eigenvalue weighted by molar-refractivity contribution is 6.14. The van der Waals surface area contributed by atoms with E-state index in [1.54, 1.807) is 0 Å². The van der Waals surface area contributed by atoms with E-state index in [2.05, 4.69) is 5.32 Å². The third-order valence-electron chi connectivity index (χ3n) is 6.30. The average Bonchev–Trinajstić information content (AvgIpc) is 3.13. The summed E-state index contributed by atoms with van der Waals surface area (Å²) in [6, 6.07) is 3.92. The van der Waals surface area contributed by atoms with Crippen LogP contribution in [-0.4, -0.2) is 35.2 Å². The second kappa shape index (κ2) is 5.64. The Morgan fingerprint density at radius 2 is 1.92 bits per heavy atom. The standard InChI is InChI=1S/C20H25N3O3/c1-5-6-7-23-17(24)14-12(4)22-20(15(14)18(23)25)13-9-10(2)8-11(3)16(13)21-19(20)26/h8-9,12,14-15,22H,5-7H2,1-4H3,(H,21,26)/p+1/t12-,14+,15-,20-/m0/s1. The van der Waals surface area contributed by atoms with Gasteiger partial charge in [-0.1, -0.05) is 25.0 Å². The van der Waals surface area contributed by atoms with E-state index >= 15 is 0 Å². The largest absolute Gasteiger partial charge is 0.326 e. The number of aryl methyl sites for hydroxylation is 2. The Bertz CT molecular complexity index is 834. The normalized spacial score (nSPS) is 32.4. The third kappa shape index (κ3) is 1.99. The molecule has 0 aliphatic carbocycles. The summed E-state index contributed by atoms with van der Waals surface area (Å²) < 4.78 is 0. The van der Waals surface area contributed by atoms with Gasteiger partial charge < -0.3 is 10.6 Å². The van der Waals surface area contributed by atoms with Crippen LogP contribution in [0.1, 0.15) is 43.4 Å². The van der Waals surface area contributed by atoms with Crippen LogP contribution >= 0.6 is 0 Å². The van der Waals surface area contributed by atoms with Crippen molar-refractivity contribution in [2.24, 2.45) is 11.8 Å². The number of quaternary nitrogens is 1. The van der Waals surface area contributed by atoms with Crippen LogP contribution in [0, 0.1) is 25.7 Å². The van der Waals surface area contributed by atoms with Crippen LogP contribution in [0.4, 0.5) is 5.69 Å². The predicted octanol–water partition coefficient (Wildman–Crippen LogP) is 0.818. The van der Waals surface area contributed by atoms with Crippen molar-refractivity contribution in [1.82, 2.24) is 4.90 Å². The highest BCUT2D eigenvalue weighted by Crippen LogP contribution is 2.49. The third-order valence-corrected chi connectivity index (χ3v) is 6.30. The van der Waals surface area contributed by atoms with Crippen LogP contribution in [0.2, 0.25) is 0 Å². The number of carbonyl (C=O) groups excluding carboxylic acids is 3. The van der Waals surface area contributed by atoms with Crippen molar-refractivity contribution in [2.75, 3.05) is 11.9 Å². The molecule has 138 valence electrons. The summed E-state index contributed by atoms with van der Waals surface area (Å²) in [6.45, 7) is 8.40. The van der Waals surface area contributed by atoms with Gasteiger partial charge in [-0.25, -0.2) is 0 Å². The zero-order valence-electron chi connectivity index (χ0n) is 15.8. The van der Waals surface area contributed by atoms with Crippen molar-refractivity contribution in [3.8, 4) is 0 Å². The molecule has 1 aromatic rings. The minimum absolute atomic E-state index is 0.111. The van der Waals surface area contributed by atoms with Crippen LogP contribution in [0.25, 0.3) is 0 Å². The van der Waals surface area contributed by atoms with Gasteiger partial charge in [0, 0.05) is 12.1 Å². The molecule has 4 rings (SSSR count). The van der Waals surface area contributed by atoms with Crippen LogP contribution in [0.15, 0.2) is 12.1 Å². The Labute approximate surface area is 153 Å². The molecule has 6 heteroatoms.